The summed E-state index contributed by atoms with van der Waals surface area (Å²) < 4.78 is 24.7. The van der Waals surface area contributed by atoms with Crippen LogP contribution in [-0.2, 0) is 12.8 Å². The lowest BCUT2D eigenvalue weighted by Crippen LogP contribution is -2.22. The number of halogens is 1. The molecule has 25 heavy (non-hydrogen) atoms. The number of hydrogen-bond acceptors (Lipinski definition) is 3. The third-order valence-corrected chi connectivity index (χ3v) is 4.33. The fourth-order valence-corrected chi connectivity index (χ4v) is 3.23. The van der Waals surface area contributed by atoms with E-state index in [0.717, 1.165) is 24.4 Å². The smallest absolute Gasteiger partial charge is 0.208 e. The van der Waals surface area contributed by atoms with Crippen LogP contribution in [0.25, 0.3) is 22.9 Å². The van der Waals surface area contributed by atoms with Gasteiger partial charge in [0.2, 0.25) is 5.50 Å². The number of aryl methyl sites for hydroxylation is 2. The van der Waals surface area contributed by atoms with Gasteiger partial charge in [-0.1, -0.05) is 21.4 Å². The van der Waals surface area contributed by atoms with Crippen molar-refractivity contribution in [2.45, 2.75) is 31.2 Å². The van der Waals surface area contributed by atoms with Crippen molar-refractivity contribution in [1.29, 1.82) is 0 Å². The molecule has 2 aromatic heterocycles. The third-order valence-electron chi connectivity index (χ3n) is 4.21. The van der Waals surface area contributed by atoms with Crippen LogP contribution in [0.4, 0.5) is 4.39 Å². The second kappa shape index (κ2) is 6.34. The summed E-state index contributed by atoms with van der Waals surface area (Å²) in [6, 6.07) is 10.7. The van der Waals surface area contributed by atoms with Gasteiger partial charge >= 0.3 is 0 Å². The number of alkyl halides is 1. The number of nitrogens with one attached hydrogen (secondary N) is 1. The van der Waals surface area contributed by atoms with Gasteiger partial charge in [-0.2, -0.15) is 0 Å². The van der Waals surface area contributed by atoms with Gasteiger partial charge in [-0.25, -0.2) is 9.37 Å². The lowest BCUT2D eigenvalue weighted by atomic mass is 10.0. The van der Waals surface area contributed by atoms with E-state index in [1.54, 1.807) is 18.2 Å². The number of H-pyrrole nitrogens is 1. The molecule has 0 saturated carbocycles. The highest BCUT2D eigenvalue weighted by Gasteiger charge is 2.21. The van der Waals surface area contributed by atoms with E-state index in [0.29, 0.717) is 22.8 Å². The summed E-state index contributed by atoms with van der Waals surface area (Å²) in [5, 5.41) is 0. The first-order valence-electron chi connectivity index (χ1n) is 8.23. The van der Waals surface area contributed by atoms with Crippen LogP contribution in [0.15, 0.2) is 40.8 Å². The van der Waals surface area contributed by atoms with Crippen molar-refractivity contribution in [1.82, 2.24) is 9.97 Å². The molecule has 4 rings (SSSR count). The van der Waals surface area contributed by atoms with Gasteiger partial charge in [-0.05, 0) is 49.9 Å². The number of ether oxygens (including phenoxy) is 1. The highest BCUT2D eigenvalue weighted by atomic mass is 31.0. The molecule has 2 atom stereocenters. The quantitative estimate of drug-likeness (QED) is 0.564. The van der Waals surface area contributed by atoms with E-state index in [1.165, 1.54) is 18.5 Å². The highest BCUT2D eigenvalue weighted by Crippen LogP contribution is 2.36. The molecule has 1 aromatic carbocycles. The molecule has 1 N–H and O–H groups in total. The number of benzene rings is 1. The molecule has 3 aromatic rings. The minimum absolute atomic E-state index is 0.308. The minimum atomic E-state index is -2.34. The summed E-state index contributed by atoms with van der Waals surface area (Å²) in [7, 11) is 7.11. The van der Waals surface area contributed by atoms with Crippen LogP contribution in [0.2, 0.25) is 0 Å². The summed E-state index contributed by atoms with van der Waals surface area (Å²) in [5.41, 5.74) is 0.596. The Hall–Kier alpha value is -2.07. The molecule has 2 unspecified atom stereocenters. The van der Waals surface area contributed by atoms with Crippen LogP contribution in [0.1, 0.15) is 24.2 Å². The average molecular weight is 354 g/mol. The van der Waals surface area contributed by atoms with E-state index < -0.39 is 5.50 Å². The fourth-order valence-electron chi connectivity index (χ4n) is 3.11. The fraction of sp³-hybridized carbons (Fsp3) is 0.278. The Bertz CT molecular complexity index is 877. The number of hydrogen-bond donors (Lipinski definition) is 1. The first-order chi connectivity index (χ1) is 12.0. The van der Waals surface area contributed by atoms with Crippen LogP contribution in [-0.4, -0.2) is 23.3 Å². The van der Waals surface area contributed by atoms with Crippen LogP contribution >= 0.6 is 9.24 Å². The maximum Gasteiger partial charge on any atom is 0.208 e. The summed E-state index contributed by atoms with van der Waals surface area (Å²) in [6.45, 7) is 0. The van der Waals surface area contributed by atoms with Gasteiger partial charge in [0.1, 0.15) is 11.5 Å². The first kappa shape index (κ1) is 16.4. The molecular weight excluding hydrogens is 337 g/mol. The second-order valence-electron chi connectivity index (χ2n) is 6.18. The predicted octanol–water partition coefficient (Wildman–Crippen LogP) is 4.22. The van der Waals surface area contributed by atoms with E-state index in [4.69, 9.17) is 17.0 Å². The van der Waals surface area contributed by atoms with E-state index in [9.17, 15) is 4.39 Å². The SMILES string of the molecule is [B]C(F)(P)Oc1ccccc1-c1ccc(-c2nc3c([nH]2)CCCC3)o1. The lowest BCUT2D eigenvalue weighted by molar-refractivity contribution is 0.110. The first-order valence-corrected chi connectivity index (χ1v) is 8.80. The van der Waals surface area contributed by atoms with Crippen LogP contribution in [0.3, 0.4) is 0 Å². The van der Waals surface area contributed by atoms with Gasteiger partial charge < -0.3 is 14.1 Å². The molecule has 2 radical (unpaired) electrons. The molecule has 0 amide bonds. The summed E-state index contributed by atoms with van der Waals surface area (Å²) in [6.07, 6.45) is 4.38. The van der Waals surface area contributed by atoms with Gasteiger partial charge in [-0.15, -0.1) is 0 Å². The number of para-hydroxylation sites is 1. The Labute approximate surface area is 148 Å². The normalized spacial score (nSPS) is 16.2. The largest absolute Gasteiger partial charge is 0.464 e. The minimum Gasteiger partial charge on any atom is -0.464 e. The Balaban J connectivity index is 1.67. The summed E-state index contributed by atoms with van der Waals surface area (Å²) in [4.78, 5) is 7.99. The van der Waals surface area contributed by atoms with Gasteiger partial charge in [0.15, 0.2) is 19.4 Å². The number of nitrogens with zero attached hydrogens (tertiary/aromatic N) is 1. The van der Waals surface area contributed by atoms with Gasteiger partial charge in [0.05, 0.1) is 11.3 Å². The zero-order valence-corrected chi connectivity index (χ0v) is 14.7. The Morgan fingerprint density at radius 2 is 1.92 bits per heavy atom. The zero-order valence-electron chi connectivity index (χ0n) is 13.6. The van der Waals surface area contributed by atoms with Crippen molar-refractivity contribution in [2.75, 3.05) is 0 Å². The molecule has 1 aliphatic rings. The molecule has 7 heteroatoms. The molecule has 126 valence electrons. The van der Waals surface area contributed by atoms with Crippen molar-refractivity contribution >= 4 is 17.1 Å². The maximum absolute atomic E-state index is 13.6. The van der Waals surface area contributed by atoms with Gasteiger partial charge in [0.25, 0.3) is 0 Å². The number of rotatable bonds is 4. The molecule has 0 saturated heterocycles. The van der Waals surface area contributed by atoms with Crippen molar-refractivity contribution in [2.24, 2.45) is 0 Å². The lowest BCUT2D eigenvalue weighted by Gasteiger charge is -2.19. The Kier molecular flexibility index (Phi) is 4.16. The van der Waals surface area contributed by atoms with Crippen LogP contribution in [0.5, 0.6) is 5.75 Å². The third kappa shape index (κ3) is 3.50. The number of furan rings is 1. The topological polar surface area (TPSA) is 51.0 Å². The van der Waals surface area contributed by atoms with E-state index in [2.05, 4.69) is 9.97 Å². The van der Waals surface area contributed by atoms with Crippen molar-refractivity contribution in [3.63, 3.8) is 0 Å². The highest BCUT2D eigenvalue weighted by molar-refractivity contribution is 7.21. The standard InChI is InChI=1S/C18H17BFN2O2P/c19-18(20,25)24-15-8-4-1-5-11(15)14-9-10-16(23-14)17-21-12-6-2-3-7-13(12)22-17/h1,4-5,8-10H,2-3,6-7,25H2,(H,21,22). The maximum atomic E-state index is 13.6. The monoisotopic (exact) mass is 354 g/mol. The van der Waals surface area contributed by atoms with E-state index >= 15 is 0 Å². The Morgan fingerprint density at radius 1 is 1.16 bits per heavy atom. The number of fused-ring (bicyclic) bond motifs is 1. The predicted molar refractivity (Wildman–Crippen MR) is 98.3 cm³/mol. The average Bonchev–Trinajstić information content (AvgIpc) is 3.20. The molecule has 0 spiro atoms. The molecule has 0 aliphatic heterocycles. The molecule has 2 heterocycles. The number of aromatic nitrogens is 2. The van der Waals surface area contributed by atoms with Crippen molar-refractivity contribution in [3.05, 3.63) is 47.8 Å². The summed E-state index contributed by atoms with van der Waals surface area (Å²) in [5.74, 6) is 2.24. The number of aromatic amines is 1. The van der Waals surface area contributed by atoms with E-state index in [1.807, 2.05) is 27.4 Å². The van der Waals surface area contributed by atoms with Crippen LogP contribution < -0.4 is 4.74 Å². The zero-order chi connectivity index (χ0) is 17.4. The van der Waals surface area contributed by atoms with Crippen LogP contribution in [0, 0.1) is 0 Å². The molecular formula is C18H17BFN2O2P. The van der Waals surface area contributed by atoms with Gasteiger partial charge in [0, 0.05) is 5.69 Å². The summed E-state index contributed by atoms with van der Waals surface area (Å²) >= 11 is 0. The molecule has 4 nitrogen and oxygen atoms in total. The molecule has 1 aliphatic carbocycles. The number of imidazole rings is 1. The van der Waals surface area contributed by atoms with Gasteiger partial charge in [-0.3, -0.25) is 0 Å². The van der Waals surface area contributed by atoms with E-state index in [-0.39, 0.29) is 0 Å². The van der Waals surface area contributed by atoms with Crippen molar-refractivity contribution in [3.8, 4) is 28.7 Å². The van der Waals surface area contributed by atoms with Crippen molar-refractivity contribution < 1.29 is 13.5 Å². The Morgan fingerprint density at radius 3 is 2.72 bits per heavy atom. The second-order valence-corrected chi connectivity index (χ2v) is 6.96. The molecule has 0 bridgehead atoms. The molecule has 0 fully saturated rings.